The Kier molecular flexibility index (Phi) is 9.55. The highest BCUT2D eigenvalue weighted by Crippen LogP contribution is 2.34. The maximum Gasteiger partial charge on any atom is 0.307 e. The Balaban J connectivity index is 1.54. The van der Waals surface area contributed by atoms with Crippen molar-refractivity contribution >= 4 is 33.5 Å². The Morgan fingerprint density at radius 1 is 1.02 bits per heavy atom. The number of carbonyl (C=O) groups excluding carboxylic acids is 1. The van der Waals surface area contributed by atoms with Crippen LogP contribution in [0.2, 0.25) is 0 Å². The van der Waals surface area contributed by atoms with Crippen LogP contribution >= 0.6 is 0 Å². The van der Waals surface area contributed by atoms with E-state index < -0.39 is 39.4 Å². The van der Waals surface area contributed by atoms with Gasteiger partial charge in [-0.05, 0) is 61.4 Å². The fraction of sp³-hybridized carbons (Fsp3) is 0.400. The topological polar surface area (TPSA) is 163 Å². The molecule has 43 heavy (non-hydrogen) atoms. The monoisotopic (exact) mass is 610 g/mol. The van der Waals surface area contributed by atoms with Gasteiger partial charge in [0, 0.05) is 48.2 Å². The van der Waals surface area contributed by atoms with Crippen LogP contribution < -0.4 is 25.0 Å². The van der Waals surface area contributed by atoms with E-state index in [1.54, 1.807) is 57.4 Å². The van der Waals surface area contributed by atoms with Crippen molar-refractivity contribution in [1.29, 1.82) is 0 Å². The maximum atomic E-state index is 13.7. The van der Waals surface area contributed by atoms with Gasteiger partial charge in [-0.1, -0.05) is 26.8 Å². The number of aromatic nitrogens is 2. The largest absolute Gasteiger partial charge is 0.497 e. The summed E-state index contributed by atoms with van der Waals surface area (Å²) in [6.07, 6.45) is 4.37. The van der Waals surface area contributed by atoms with E-state index in [2.05, 4.69) is 30.2 Å². The van der Waals surface area contributed by atoms with Crippen molar-refractivity contribution in [3.05, 3.63) is 72.6 Å². The maximum absolute atomic E-state index is 13.7. The summed E-state index contributed by atoms with van der Waals surface area (Å²) in [5, 5.41) is 15.9. The summed E-state index contributed by atoms with van der Waals surface area (Å²) in [7, 11) is -2.80. The number of ether oxygens (including phenoxy) is 1. The molecular formula is C30H38N6O6S. The third-order valence-corrected chi connectivity index (χ3v) is 9.08. The normalized spacial score (nSPS) is 15.8. The van der Waals surface area contributed by atoms with E-state index in [-0.39, 0.29) is 16.5 Å². The zero-order valence-electron chi connectivity index (χ0n) is 24.7. The molecule has 1 saturated heterocycles. The molecule has 1 unspecified atom stereocenters. The molecule has 13 heteroatoms. The number of benzene rings is 2. The standard InChI is InChI=1S/C30H38N6O6S/c1-29(2,3)30(20-26(37)38,35-43(40,41)25-11-9-24(42-4)10-12-25)34-27(39)21-7-5-8-23(19-21)36-17-13-22(14-18-36)33-28-31-15-6-16-32-28/h5-12,15-16,19,22,35H,13-14,17-18,20H2,1-4H3,(H,34,39)(H,37,38)(H,31,32,33). The van der Waals surface area contributed by atoms with Crippen molar-refractivity contribution in [1.82, 2.24) is 20.0 Å². The second kappa shape index (κ2) is 13.0. The van der Waals surface area contributed by atoms with Gasteiger partial charge in [0.05, 0.1) is 18.4 Å². The lowest BCUT2D eigenvalue weighted by Crippen LogP contribution is -2.68. The van der Waals surface area contributed by atoms with Crippen molar-refractivity contribution in [3.63, 3.8) is 0 Å². The van der Waals surface area contributed by atoms with E-state index >= 15 is 0 Å². The molecule has 0 saturated carbocycles. The van der Waals surface area contributed by atoms with Gasteiger partial charge in [-0.3, -0.25) is 9.59 Å². The fourth-order valence-corrected chi connectivity index (χ4v) is 6.43. The van der Waals surface area contributed by atoms with Gasteiger partial charge in [0.2, 0.25) is 16.0 Å². The minimum Gasteiger partial charge on any atom is -0.497 e. The number of carboxylic acids is 1. The lowest BCUT2D eigenvalue weighted by molar-refractivity contribution is -0.140. The number of anilines is 2. The van der Waals surface area contributed by atoms with Gasteiger partial charge in [0.1, 0.15) is 11.4 Å². The number of hydrogen-bond acceptors (Lipinski definition) is 9. The zero-order valence-corrected chi connectivity index (χ0v) is 25.5. The third-order valence-electron chi connectivity index (χ3n) is 7.57. The molecule has 1 fully saturated rings. The summed E-state index contributed by atoms with van der Waals surface area (Å²) < 4.78 is 34.6. The molecule has 0 spiro atoms. The molecule has 0 bridgehead atoms. The summed E-state index contributed by atoms with van der Waals surface area (Å²) in [6, 6.07) is 14.7. The number of carboxylic acid groups (broad SMARTS) is 1. The molecule has 1 aliphatic heterocycles. The molecule has 1 atom stereocenters. The molecule has 4 N–H and O–H groups in total. The molecule has 3 aromatic rings. The minimum absolute atomic E-state index is 0.0970. The quantitative estimate of drug-likeness (QED) is 0.236. The summed E-state index contributed by atoms with van der Waals surface area (Å²) in [4.78, 5) is 36.3. The van der Waals surface area contributed by atoms with Gasteiger partial charge in [-0.25, -0.2) is 18.4 Å². The molecule has 230 valence electrons. The van der Waals surface area contributed by atoms with Crippen molar-refractivity contribution in [3.8, 4) is 5.75 Å². The van der Waals surface area contributed by atoms with Crippen LogP contribution in [0.15, 0.2) is 71.9 Å². The summed E-state index contributed by atoms with van der Waals surface area (Å²) in [5.41, 5.74) is -1.80. The number of aliphatic carboxylic acids is 1. The molecule has 2 heterocycles. The Labute approximate surface area is 251 Å². The average molecular weight is 611 g/mol. The average Bonchev–Trinajstić information content (AvgIpc) is 2.97. The first-order valence-corrected chi connectivity index (χ1v) is 15.4. The van der Waals surface area contributed by atoms with Crippen LogP contribution in [-0.2, 0) is 14.8 Å². The number of carbonyl (C=O) groups is 2. The minimum atomic E-state index is -4.26. The number of amides is 1. The van der Waals surface area contributed by atoms with Crippen LogP contribution in [0.5, 0.6) is 5.75 Å². The first kappa shape index (κ1) is 31.7. The van der Waals surface area contributed by atoms with Crippen LogP contribution in [0, 0.1) is 5.41 Å². The molecule has 1 amide bonds. The van der Waals surface area contributed by atoms with Crippen LogP contribution in [0.3, 0.4) is 0 Å². The van der Waals surface area contributed by atoms with Gasteiger partial charge in [-0.2, -0.15) is 4.72 Å². The summed E-state index contributed by atoms with van der Waals surface area (Å²) in [5.74, 6) is -0.830. The number of sulfonamides is 1. The van der Waals surface area contributed by atoms with E-state index in [9.17, 15) is 23.1 Å². The molecular weight excluding hydrogens is 572 g/mol. The third kappa shape index (κ3) is 7.79. The van der Waals surface area contributed by atoms with E-state index in [4.69, 9.17) is 4.74 Å². The highest BCUT2D eigenvalue weighted by atomic mass is 32.2. The summed E-state index contributed by atoms with van der Waals surface area (Å²) in [6.45, 7) is 6.48. The van der Waals surface area contributed by atoms with E-state index in [1.165, 1.54) is 31.4 Å². The van der Waals surface area contributed by atoms with Crippen molar-refractivity contribution < 1.29 is 27.9 Å². The molecule has 1 aromatic heterocycles. The van der Waals surface area contributed by atoms with Gasteiger partial charge in [0.25, 0.3) is 5.91 Å². The van der Waals surface area contributed by atoms with Crippen LogP contribution in [0.25, 0.3) is 0 Å². The number of nitrogens with zero attached hydrogens (tertiary/aromatic N) is 3. The number of rotatable bonds is 11. The highest BCUT2D eigenvalue weighted by molar-refractivity contribution is 7.89. The molecule has 12 nitrogen and oxygen atoms in total. The molecule has 1 aliphatic rings. The molecule has 4 rings (SSSR count). The van der Waals surface area contributed by atoms with E-state index in [0.717, 1.165) is 31.6 Å². The van der Waals surface area contributed by atoms with E-state index in [1.807, 2.05) is 6.07 Å². The Morgan fingerprint density at radius 2 is 1.67 bits per heavy atom. The van der Waals surface area contributed by atoms with Gasteiger partial charge in [0.15, 0.2) is 0 Å². The van der Waals surface area contributed by atoms with Crippen LogP contribution in [-0.4, -0.2) is 67.3 Å². The second-order valence-electron chi connectivity index (χ2n) is 11.5. The van der Waals surface area contributed by atoms with Gasteiger partial charge >= 0.3 is 5.97 Å². The highest BCUT2D eigenvalue weighted by Gasteiger charge is 2.48. The second-order valence-corrected chi connectivity index (χ2v) is 13.2. The number of piperidine rings is 1. The van der Waals surface area contributed by atoms with Gasteiger partial charge < -0.3 is 25.4 Å². The Bertz CT molecular complexity index is 1520. The predicted octanol–water partition coefficient (Wildman–Crippen LogP) is 3.49. The lowest BCUT2D eigenvalue weighted by Gasteiger charge is -2.44. The zero-order chi connectivity index (χ0) is 31.3. The van der Waals surface area contributed by atoms with Crippen molar-refractivity contribution in [2.75, 3.05) is 30.4 Å². The summed E-state index contributed by atoms with van der Waals surface area (Å²) >= 11 is 0. The lowest BCUT2D eigenvalue weighted by atomic mass is 9.78. The predicted molar refractivity (Wildman–Crippen MR) is 163 cm³/mol. The Hall–Kier alpha value is -4.23. The first-order valence-electron chi connectivity index (χ1n) is 13.9. The van der Waals surface area contributed by atoms with Crippen LogP contribution in [0.1, 0.15) is 50.4 Å². The molecule has 0 radical (unpaired) electrons. The fourth-order valence-electron chi connectivity index (χ4n) is 4.93. The van der Waals surface area contributed by atoms with Crippen LogP contribution in [0.4, 0.5) is 11.6 Å². The number of nitrogens with one attached hydrogen (secondary N) is 3. The molecule has 0 aliphatic carbocycles. The molecule has 2 aromatic carbocycles. The Morgan fingerprint density at radius 3 is 2.26 bits per heavy atom. The number of methoxy groups -OCH3 is 1. The smallest absolute Gasteiger partial charge is 0.307 e. The SMILES string of the molecule is COc1ccc(S(=O)(=O)NC(CC(=O)O)(NC(=O)c2cccc(N3CCC(Nc4ncccn4)CC3)c2)C(C)(C)C)cc1. The van der Waals surface area contributed by atoms with Crippen molar-refractivity contribution in [2.24, 2.45) is 5.41 Å². The van der Waals surface area contributed by atoms with Crippen molar-refractivity contribution in [2.45, 2.75) is 56.6 Å². The first-order chi connectivity index (χ1) is 20.3. The van der Waals surface area contributed by atoms with E-state index in [0.29, 0.717) is 11.7 Å². The van der Waals surface area contributed by atoms with Gasteiger partial charge in [-0.15, -0.1) is 0 Å². The number of hydrogen-bond donors (Lipinski definition) is 4.